The van der Waals surface area contributed by atoms with Gasteiger partial charge >= 0.3 is 0 Å². The molecule has 1 aromatic rings. The lowest BCUT2D eigenvalue weighted by Crippen LogP contribution is -2.05. The van der Waals surface area contributed by atoms with Crippen molar-refractivity contribution in [3.05, 3.63) is 35.9 Å². The Kier molecular flexibility index (Phi) is 4.43. The molecule has 0 fully saturated rings. The van der Waals surface area contributed by atoms with Crippen molar-refractivity contribution >= 4 is 6.08 Å². The van der Waals surface area contributed by atoms with Crippen LogP contribution in [0.15, 0.2) is 30.3 Å². The van der Waals surface area contributed by atoms with Crippen molar-refractivity contribution in [2.75, 3.05) is 0 Å². The minimum atomic E-state index is 0.199. The SMILES string of the molecule is CC(C)Oc1ccc(C=CCC#N)cc1. The Morgan fingerprint density at radius 2 is 2.00 bits per heavy atom. The first-order chi connectivity index (χ1) is 7.22. The first-order valence-corrected chi connectivity index (χ1v) is 5.02. The molecule has 0 aliphatic rings. The molecule has 0 amide bonds. The fourth-order valence-electron chi connectivity index (χ4n) is 1.18. The highest BCUT2D eigenvalue weighted by Crippen LogP contribution is 2.14. The highest BCUT2D eigenvalue weighted by atomic mass is 16.5. The van der Waals surface area contributed by atoms with Crippen LogP contribution >= 0.6 is 0 Å². The monoisotopic (exact) mass is 201 g/mol. The normalized spacial score (nSPS) is 10.5. The first kappa shape index (κ1) is 11.3. The smallest absolute Gasteiger partial charge is 0.119 e. The van der Waals surface area contributed by atoms with Gasteiger partial charge in [-0.1, -0.05) is 24.3 Å². The van der Waals surface area contributed by atoms with Crippen LogP contribution in [-0.2, 0) is 0 Å². The molecule has 0 aromatic heterocycles. The van der Waals surface area contributed by atoms with Crippen LogP contribution < -0.4 is 4.74 Å². The minimum Gasteiger partial charge on any atom is -0.491 e. The molecular formula is C13H15NO. The Morgan fingerprint density at radius 1 is 1.33 bits per heavy atom. The van der Waals surface area contributed by atoms with Crippen LogP contribution in [-0.4, -0.2) is 6.10 Å². The van der Waals surface area contributed by atoms with E-state index in [4.69, 9.17) is 10.00 Å². The summed E-state index contributed by atoms with van der Waals surface area (Å²) in [6.45, 7) is 4.00. The number of allylic oxidation sites excluding steroid dienone is 1. The molecule has 0 heterocycles. The quantitative estimate of drug-likeness (QED) is 0.748. The summed E-state index contributed by atoms with van der Waals surface area (Å²) in [7, 11) is 0. The van der Waals surface area contributed by atoms with Gasteiger partial charge in [-0.25, -0.2) is 0 Å². The number of ether oxygens (including phenoxy) is 1. The highest BCUT2D eigenvalue weighted by molar-refractivity contribution is 5.50. The standard InChI is InChI=1S/C13H15NO/c1-11(2)15-13-8-6-12(7-9-13)5-3-4-10-14/h3,5-9,11H,4H2,1-2H3. The lowest BCUT2D eigenvalue weighted by atomic mass is 10.2. The third-order valence-corrected chi connectivity index (χ3v) is 1.77. The number of benzene rings is 1. The number of nitriles is 1. The molecule has 0 saturated heterocycles. The van der Waals surface area contributed by atoms with Gasteiger partial charge in [-0.05, 0) is 31.5 Å². The molecule has 15 heavy (non-hydrogen) atoms. The predicted octanol–water partition coefficient (Wildman–Crippen LogP) is 3.40. The van der Waals surface area contributed by atoms with Crippen molar-refractivity contribution in [1.82, 2.24) is 0 Å². The maximum atomic E-state index is 8.37. The Hall–Kier alpha value is -1.75. The molecule has 2 nitrogen and oxygen atoms in total. The summed E-state index contributed by atoms with van der Waals surface area (Å²) in [6.07, 6.45) is 4.43. The molecule has 2 heteroatoms. The molecule has 1 aromatic carbocycles. The first-order valence-electron chi connectivity index (χ1n) is 5.02. The summed E-state index contributed by atoms with van der Waals surface area (Å²) in [5.41, 5.74) is 1.08. The summed E-state index contributed by atoms with van der Waals surface area (Å²) in [6, 6.07) is 9.89. The van der Waals surface area contributed by atoms with Gasteiger partial charge in [0.2, 0.25) is 0 Å². The Labute approximate surface area is 90.8 Å². The van der Waals surface area contributed by atoms with E-state index in [-0.39, 0.29) is 6.10 Å². The molecule has 0 radical (unpaired) electrons. The van der Waals surface area contributed by atoms with Gasteiger partial charge in [-0.3, -0.25) is 0 Å². The van der Waals surface area contributed by atoms with E-state index >= 15 is 0 Å². The molecule has 0 saturated carbocycles. The Morgan fingerprint density at radius 3 is 2.53 bits per heavy atom. The van der Waals surface area contributed by atoms with E-state index in [1.54, 1.807) is 0 Å². The number of rotatable bonds is 4. The molecule has 1 rings (SSSR count). The third-order valence-electron chi connectivity index (χ3n) is 1.77. The summed E-state index contributed by atoms with van der Waals surface area (Å²) < 4.78 is 5.52. The average molecular weight is 201 g/mol. The molecule has 0 bridgehead atoms. The fourth-order valence-corrected chi connectivity index (χ4v) is 1.18. The topological polar surface area (TPSA) is 33.0 Å². The van der Waals surface area contributed by atoms with E-state index in [2.05, 4.69) is 6.07 Å². The number of nitrogens with zero attached hydrogens (tertiary/aromatic N) is 1. The van der Waals surface area contributed by atoms with Crippen molar-refractivity contribution in [1.29, 1.82) is 5.26 Å². The summed E-state index contributed by atoms with van der Waals surface area (Å²) >= 11 is 0. The largest absolute Gasteiger partial charge is 0.491 e. The van der Waals surface area contributed by atoms with E-state index in [1.807, 2.05) is 50.3 Å². The number of hydrogen-bond acceptors (Lipinski definition) is 2. The zero-order valence-electron chi connectivity index (χ0n) is 9.10. The molecule has 0 N–H and O–H groups in total. The van der Waals surface area contributed by atoms with Gasteiger partial charge in [-0.2, -0.15) is 5.26 Å². The lowest BCUT2D eigenvalue weighted by molar-refractivity contribution is 0.242. The van der Waals surface area contributed by atoms with Crippen LogP contribution in [0.2, 0.25) is 0 Å². The van der Waals surface area contributed by atoms with Gasteiger partial charge in [0.1, 0.15) is 5.75 Å². The number of hydrogen-bond donors (Lipinski definition) is 0. The summed E-state index contributed by atoms with van der Waals surface area (Å²) in [5.74, 6) is 0.877. The predicted molar refractivity (Wildman–Crippen MR) is 61.5 cm³/mol. The van der Waals surface area contributed by atoms with E-state index in [0.717, 1.165) is 11.3 Å². The second-order valence-electron chi connectivity index (χ2n) is 3.50. The maximum absolute atomic E-state index is 8.37. The van der Waals surface area contributed by atoms with E-state index in [0.29, 0.717) is 6.42 Å². The van der Waals surface area contributed by atoms with Gasteiger partial charge in [-0.15, -0.1) is 0 Å². The van der Waals surface area contributed by atoms with E-state index < -0.39 is 0 Å². The van der Waals surface area contributed by atoms with Crippen LogP contribution in [0.4, 0.5) is 0 Å². The van der Waals surface area contributed by atoms with Gasteiger partial charge in [0, 0.05) is 0 Å². The fraction of sp³-hybridized carbons (Fsp3) is 0.308. The highest BCUT2D eigenvalue weighted by Gasteiger charge is 1.95. The Bertz CT molecular complexity index is 357. The molecule has 0 unspecified atom stereocenters. The van der Waals surface area contributed by atoms with Crippen LogP contribution in [0.5, 0.6) is 5.75 Å². The summed E-state index contributed by atoms with van der Waals surface area (Å²) in [5, 5.41) is 8.37. The zero-order valence-corrected chi connectivity index (χ0v) is 9.10. The van der Waals surface area contributed by atoms with E-state index in [1.165, 1.54) is 0 Å². The van der Waals surface area contributed by atoms with Crippen LogP contribution in [0.3, 0.4) is 0 Å². The Balaban J connectivity index is 2.61. The maximum Gasteiger partial charge on any atom is 0.119 e. The second-order valence-corrected chi connectivity index (χ2v) is 3.50. The van der Waals surface area contributed by atoms with Crippen molar-refractivity contribution in [3.63, 3.8) is 0 Å². The molecule has 0 aliphatic heterocycles. The molecule has 0 spiro atoms. The lowest BCUT2D eigenvalue weighted by Gasteiger charge is -2.09. The van der Waals surface area contributed by atoms with E-state index in [9.17, 15) is 0 Å². The van der Waals surface area contributed by atoms with Crippen LogP contribution in [0.1, 0.15) is 25.8 Å². The molecule has 0 aliphatic carbocycles. The van der Waals surface area contributed by atoms with Gasteiger partial charge in [0.25, 0.3) is 0 Å². The summed E-state index contributed by atoms with van der Waals surface area (Å²) in [4.78, 5) is 0. The zero-order chi connectivity index (χ0) is 11.1. The molecule has 0 atom stereocenters. The van der Waals surface area contributed by atoms with Crippen molar-refractivity contribution in [2.24, 2.45) is 0 Å². The minimum absolute atomic E-state index is 0.199. The van der Waals surface area contributed by atoms with Crippen LogP contribution in [0, 0.1) is 11.3 Å². The van der Waals surface area contributed by atoms with Gasteiger partial charge < -0.3 is 4.74 Å². The van der Waals surface area contributed by atoms with Crippen LogP contribution in [0.25, 0.3) is 6.08 Å². The van der Waals surface area contributed by atoms with Crippen molar-refractivity contribution < 1.29 is 4.74 Å². The molecule has 78 valence electrons. The van der Waals surface area contributed by atoms with Gasteiger partial charge in [0.05, 0.1) is 18.6 Å². The van der Waals surface area contributed by atoms with Crippen molar-refractivity contribution in [2.45, 2.75) is 26.4 Å². The van der Waals surface area contributed by atoms with Crippen molar-refractivity contribution in [3.8, 4) is 11.8 Å². The average Bonchev–Trinajstić information content (AvgIpc) is 2.20. The van der Waals surface area contributed by atoms with Gasteiger partial charge in [0.15, 0.2) is 0 Å². The molecular weight excluding hydrogens is 186 g/mol. The third kappa shape index (κ3) is 4.33. The second kappa shape index (κ2) is 5.87.